The van der Waals surface area contributed by atoms with Gasteiger partial charge in [-0.1, -0.05) is 25.7 Å². The molecule has 3 aliphatic rings. The SMILES string of the molecule is CC1C#CC2C(=O)C1(C(=O)O)C2(C)C. The Balaban J connectivity index is 2.65. The van der Waals surface area contributed by atoms with Gasteiger partial charge in [0.2, 0.25) is 0 Å². The Morgan fingerprint density at radius 1 is 1.43 bits per heavy atom. The van der Waals surface area contributed by atoms with E-state index in [1.165, 1.54) is 0 Å². The maximum atomic E-state index is 11.7. The summed E-state index contributed by atoms with van der Waals surface area (Å²) in [6, 6.07) is 0. The number of ketones is 1. The maximum absolute atomic E-state index is 11.7. The van der Waals surface area contributed by atoms with E-state index in [9.17, 15) is 14.7 Å². The highest BCUT2D eigenvalue weighted by atomic mass is 16.4. The first-order chi connectivity index (χ1) is 6.36. The summed E-state index contributed by atoms with van der Waals surface area (Å²) in [5.74, 6) is 3.70. The lowest BCUT2D eigenvalue weighted by Gasteiger charge is -2.58. The molecule has 2 bridgehead atoms. The highest BCUT2D eigenvalue weighted by Gasteiger charge is 2.75. The summed E-state index contributed by atoms with van der Waals surface area (Å²) in [5, 5.41) is 9.22. The maximum Gasteiger partial charge on any atom is 0.319 e. The number of fused-ring (bicyclic) bond motifs is 1. The van der Waals surface area contributed by atoms with Gasteiger partial charge in [-0.25, -0.2) is 0 Å². The van der Waals surface area contributed by atoms with E-state index in [-0.39, 0.29) is 17.6 Å². The fourth-order valence-electron chi connectivity index (χ4n) is 2.92. The van der Waals surface area contributed by atoms with E-state index < -0.39 is 16.8 Å². The van der Waals surface area contributed by atoms with Crippen molar-refractivity contribution in [3.05, 3.63) is 0 Å². The number of carboxylic acids is 1. The summed E-state index contributed by atoms with van der Waals surface area (Å²) in [7, 11) is 0. The topological polar surface area (TPSA) is 54.4 Å². The van der Waals surface area contributed by atoms with Gasteiger partial charge in [0.05, 0.1) is 5.92 Å². The first-order valence-electron chi connectivity index (χ1n) is 4.65. The zero-order valence-electron chi connectivity index (χ0n) is 8.42. The van der Waals surface area contributed by atoms with Gasteiger partial charge < -0.3 is 5.11 Å². The number of carboxylic acid groups (broad SMARTS) is 1. The minimum absolute atomic E-state index is 0.207. The van der Waals surface area contributed by atoms with Crippen LogP contribution in [-0.2, 0) is 9.59 Å². The molecular weight excluding hydrogens is 180 g/mol. The molecular formula is C11H12O3. The van der Waals surface area contributed by atoms with Crippen molar-refractivity contribution in [2.24, 2.45) is 22.7 Å². The molecule has 0 aromatic carbocycles. The molecule has 0 radical (unpaired) electrons. The number of Topliss-reactive ketones (excluding diaryl/α,β-unsaturated/α-hetero) is 1. The van der Waals surface area contributed by atoms with Crippen LogP contribution in [0.2, 0.25) is 0 Å². The molecule has 0 saturated heterocycles. The molecule has 0 aromatic heterocycles. The van der Waals surface area contributed by atoms with Gasteiger partial charge >= 0.3 is 5.97 Å². The second-order valence-corrected chi connectivity index (χ2v) is 4.64. The van der Waals surface area contributed by atoms with Gasteiger partial charge in [-0.05, 0) is 6.92 Å². The van der Waals surface area contributed by atoms with Crippen molar-refractivity contribution in [3.8, 4) is 11.8 Å². The van der Waals surface area contributed by atoms with E-state index in [4.69, 9.17) is 0 Å². The minimum atomic E-state index is -1.26. The predicted octanol–water partition coefficient (Wildman–Crippen LogP) is 0.936. The van der Waals surface area contributed by atoms with Crippen molar-refractivity contribution in [2.45, 2.75) is 20.8 Å². The molecule has 1 fully saturated rings. The Morgan fingerprint density at radius 3 is 2.29 bits per heavy atom. The molecule has 0 heterocycles. The molecule has 1 saturated carbocycles. The molecule has 3 rings (SSSR count). The molecule has 3 atom stereocenters. The Labute approximate surface area is 82.5 Å². The van der Waals surface area contributed by atoms with Crippen molar-refractivity contribution < 1.29 is 14.7 Å². The Morgan fingerprint density at radius 2 is 2.00 bits per heavy atom. The first kappa shape index (κ1) is 9.26. The van der Waals surface area contributed by atoms with E-state index in [2.05, 4.69) is 11.8 Å². The van der Waals surface area contributed by atoms with Crippen LogP contribution >= 0.6 is 0 Å². The average molecular weight is 192 g/mol. The van der Waals surface area contributed by atoms with Gasteiger partial charge in [-0.15, -0.1) is 0 Å². The van der Waals surface area contributed by atoms with Gasteiger partial charge in [0.25, 0.3) is 0 Å². The monoisotopic (exact) mass is 192 g/mol. The fourth-order valence-corrected chi connectivity index (χ4v) is 2.92. The molecule has 1 N–H and O–H groups in total. The molecule has 0 amide bonds. The standard InChI is InChI=1S/C11H12O3/c1-6-4-5-7-8(12)11(6,9(13)14)10(7,2)3/h6-7H,1-3H3,(H,13,14). The lowest BCUT2D eigenvalue weighted by molar-refractivity contribution is -0.191. The van der Waals surface area contributed by atoms with Crippen LogP contribution in [0.4, 0.5) is 0 Å². The summed E-state index contributed by atoms with van der Waals surface area (Å²) in [4.78, 5) is 23.0. The molecule has 74 valence electrons. The number of rotatable bonds is 1. The van der Waals surface area contributed by atoms with E-state index in [1.807, 2.05) is 13.8 Å². The molecule has 3 nitrogen and oxygen atoms in total. The lowest BCUT2D eigenvalue weighted by atomic mass is 9.39. The number of hydrogen-bond acceptors (Lipinski definition) is 2. The number of carbonyl (C=O) groups excluding carboxylic acids is 1. The third kappa shape index (κ3) is 0.608. The van der Waals surface area contributed by atoms with Crippen LogP contribution in [0, 0.1) is 34.5 Å². The Hall–Kier alpha value is -1.30. The molecule has 3 aliphatic carbocycles. The van der Waals surface area contributed by atoms with Crippen molar-refractivity contribution in [1.82, 2.24) is 0 Å². The van der Waals surface area contributed by atoms with E-state index in [1.54, 1.807) is 6.92 Å². The fraction of sp³-hybridized carbons (Fsp3) is 0.636. The van der Waals surface area contributed by atoms with Crippen molar-refractivity contribution in [1.29, 1.82) is 0 Å². The number of aliphatic carboxylic acids is 1. The summed E-state index contributed by atoms with van der Waals surface area (Å²) in [6.45, 7) is 5.35. The van der Waals surface area contributed by atoms with Crippen LogP contribution in [0.5, 0.6) is 0 Å². The molecule has 14 heavy (non-hydrogen) atoms. The summed E-state index contributed by atoms with van der Waals surface area (Å²) in [5.41, 5.74) is -1.79. The smallest absolute Gasteiger partial charge is 0.319 e. The van der Waals surface area contributed by atoms with Crippen LogP contribution in [0.3, 0.4) is 0 Å². The Bertz CT molecular complexity index is 396. The highest BCUT2D eigenvalue weighted by Crippen LogP contribution is 2.63. The average Bonchev–Trinajstić information content (AvgIpc) is 2.02. The van der Waals surface area contributed by atoms with Crippen LogP contribution in [-0.4, -0.2) is 16.9 Å². The third-order valence-corrected chi connectivity index (χ3v) is 3.82. The van der Waals surface area contributed by atoms with Gasteiger partial charge in [0.1, 0.15) is 5.41 Å². The van der Waals surface area contributed by atoms with Gasteiger partial charge in [-0.2, -0.15) is 0 Å². The van der Waals surface area contributed by atoms with Crippen molar-refractivity contribution >= 4 is 11.8 Å². The van der Waals surface area contributed by atoms with Crippen LogP contribution in [0.15, 0.2) is 0 Å². The van der Waals surface area contributed by atoms with Crippen LogP contribution in [0.1, 0.15) is 20.8 Å². The quantitative estimate of drug-likeness (QED) is 0.497. The van der Waals surface area contributed by atoms with Crippen molar-refractivity contribution in [3.63, 3.8) is 0 Å². The normalized spacial score (nSPS) is 42.1. The zero-order valence-corrected chi connectivity index (χ0v) is 8.42. The lowest BCUT2D eigenvalue weighted by Crippen LogP contribution is -2.71. The summed E-state index contributed by atoms with van der Waals surface area (Å²) in [6.07, 6.45) is 0. The zero-order chi connectivity index (χ0) is 10.7. The molecule has 3 unspecified atom stereocenters. The predicted molar refractivity (Wildman–Crippen MR) is 49.3 cm³/mol. The molecule has 0 aromatic rings. The van der Waals surface area contributed by atoms with E-state index in [0.717, 1.165) is 0 Å². The highest BCUT2D eigenvalue weighted by molar-refractivity contribution is 6.13. The molecule has 0 spiro atoms. The largest absolute Gasteiger partial charge is 0.480 e. The Kier molecular flexibility index (Phi) is 1.45. The first-order valence-corrected chi connectivity index (χ1v) is 4.65. The van der Waals surface area contributed by atoms with Crippen LogP contribution in [0.25, 0.3) is 0 Å². The van der Waals surface area contributed by atoms with Crippen LogP contribution < -0.4 is 0 Å². The molecule has 0 aliphatic heterocycles. The number of hydrogen-bond donors (Lipinski definition) is 1. The number of carbonyl (C=O) groups is 2. The minimum Gasteiger partial charge on any atom is -0.480 e. The van der Waals surface area contributed by atoms with E-state index >= 15 is 0 Å². The van der Waals surface area contributed by atoms with E-state index in [0.29, 0.717) is 0 Å². The van der Waals surface area contributed by atoms with Gasteiger partial charge in [0.15, 0.2) is 5.78 Å². The summed E-state index contributed by atoms with van der Waals surface area (Å²) < 4.78 is 0. The van der Waals surface area contributed by atoms with Gasteiger partial charge in [0, 0.05) is 11.3 Å². The third-order valence-electron chi connectivity index (χ3n) is 3.82. The van der Waals surface area contributed by atoms with Gasteiger partial charge in [-0.3, -0.25) is 9.59 Å². The second kappa shape index (κ2) is 2.20. The second-order valence-electron chi connectivity index (χ2n) is 4.64. The molecule has 3 heteroatoms. The summed E-state index contributed by atoms with van der Waals surface area (Å²) >= 11 is 0. The van der Waals surface area contributed by atoms with Crippen molar-refractivity contribution in [2.75, 3.05) is 0 Å².